The molecule has 4 heterocycles. The predicted molar refractivity (Wildman–Crippen MR) is 85.5 cm³/mol. The highest BCUT2D eigenvalue weighted by atomic mass is 35.5. The first-order valence-corrected chi connectivity index (χ1v) is 8.19. The molecule has 8 heteroatoms. The molecule has 1 amide bonds. The zero-order valence-electron chi connectivity index (χ0n) is 11.8. The average Bonchev–Trinajstić information content (AvgIpc) is 3.16. The summed E-state index contributed by atoms with van der Waals surface area (Å²) in [6, 6.07) is 7.13. The molecule has 0 aromatic carbocycles. The molecule has 4 rings (SSSR count). The van der Waals surface area contributed by atoms with E-state index in [0.29, 0.717) is 34.0 Å². The highest BCUT2D eigenvalue weighted by Gasteiger charge is 2.36. The van der Waals surface area contributed by atoms with E-state index in [4.69, 9.17) is 16.1 Å². The zero-order chi connectivity index (χ0) is 15.8. The van der Waals surface area contributed by atoms with Crippen molar-refractivity contribution in [2.75, 3.05) is 13.1 Å². The number of likely N-dealkylation sites (tertiary alicyclic amines) is 1. The second-order valence-electron chi connectivity index (χ2n) is 5.20. The molecule has 0 aliphatic carbocycles. The van der Waals surface area contributed by atoms with Crippen LogP contribution >= 0.6 is 22.9 Å². The van der Waals surface area contributed by atoms with Gasteiger partial charge in [-0.15, -0.1) is 11.3 Å². The van der Waals surface area contributed by atoms with Gasteiger partial charge in [0.2, 0.25) is 11.7 Å². The topological polar surface area (TPSA) is 72.1 Å². The van der Waals surface area contributed by atoms with Crippen molar-refractivity contribution in [1.82, 2.24) is 20.0 Å². The van der Waals surface area contributed by atoms with Gasteiger partial charge >= 0.3 is 0 Å². The Kier molecular flexibility index (Phi) is 3.59. The lowest BCUT2D eigenvalue weighted by Gasteiger charge is -2.36. The van der Waals surface area contributed by atoms with E-state index in [0.717, 1.165) is 5.56 Å². The molecule has 0 saturated carbocycles. The Hall–Kier alpha value is -2.25. The normalized spacial score (nSPS) is 14.7. The van der Waals surface area contributed by atoms with Crippen molar-refractivity contribution >= 4 is 28.8 Å². The molecule has 116 valence electrons. The van der Waals surface area contributed by atoms with Crippen LogP contribution in [0.15, 0.2) is 41.2 Å². The van der Waals surface area contributed by atoms with Gasteiger partial charge in [-0.25, -0.2) is 0 Å². The van der Waals surface area contributed by atoms with Crippen molar-refractivity contribution in [3.8, 4) is 11.4 Å². The number of carbonyl (C=O) groups is 1. The first-order chi connectivity index (χ1) is 11.2. The molecule has 0 bridgehead atoms. The maximum Gasteiger partial charge on any atom is 0.264 e. The van der Waals surface area contributed by atoms with E-state index in [2.05, 4.69) is 15.1 Å². The SMILES string of the molecule is O=C(c1ccc(Cl)s1)N1CC(c2nc(-c3ccncc3)no2)C1. The van der Waals surface area contributed by atoms with Crippen LogP contribution in [0.3, 0.4) is 0 Å². The third kappa shape index (κ3) is 2.73. The van der Waals surface area contributed by atoms with E-state index in [9.17, 15) is 4.79 Å². The molecular formula is C15H11ClN4O2S. The summed E-state index contributed by atoms with van der Waals surface area (Å²) in [6.07, 6.45) is 3.36. The van der Waals surface area contributed by atoms with E-state index in [1.165, 1.54) is 11.3 Å². The van der Waals surface area contributed by atoms with Crippen LogP contribution < -0.4 is 0 Å². The molecule has 0 unspecified atom stereocenters. The summed E-state index contributed by atoms with van der Waals surface area (Å²) < 4.78 is 5.94. The molecule has 0 radical (unpaired) electrons. The van der Waals surface area contributed by atoms with Crippen LogP contribution in [0.4, 0.5) is 0 Å². The lowest BCUT2D eigenvalue weighted by Crippen LogP contribution is -2.48. The number of hydrogen-bond acceptors (Lipinski definition) is 6. The quantitative estimate of drug-likeness (QED) is 0.728. The molecule has 3 aromatic rings. The molecule has 0 spiro atoms. The second kappa shape index (κ2) is 5.75. The number of carbonyl (C=O) groups excluding carboxylic acids is 1. The molecule has 1 aliphatic heterocycles. The van der Waals surface area contributed by atoms with Crippen molar-refractivity contribution in [1.29, 1.82) is 0 Å². The number of pyridine rings is 1. The summed E-state index contributed by atoms with van der Waals surface area (Å²) in [4.78, 5) is 23.0. The third-order valence-electron chi connectivity index (χ3n) is 3.68. The van der Waals surface area contributed by atoms with E-state index in [1.54, 1.807) is 29.4 Å². The number of aromatic nitrogens is 3. The standard InChI is InChI=1S/C15H11ClN4O2S/c16-12-2-1-11(23-12)15(21)20-7-10(8-20)14-18-13(19-22-14)9-3-5-17-6-4-9/h1-6,10H,7-8H2. The summed E-state index contributed by atoms with van der Waals surface area (Å²) in [5.74, 6) is 1.17. The minimum atomic E-state index is -0.00739. The van der Waals surface area contributed by atoms with Gasteiger partial charge in [-0.05, 0) is 24.3 Å². The fourth-order valence-electron chi connectivity index (χ4n) is 2.40. The molecule has 1 saturated heterocycles. The zero-order valence-corrected chi connectivity index (χ0v) is 13.4. The molecule has 0 N–H and O–H groups in total. The van der Waals surface area contributed by atoms with Gasteiger partial charge in [0.1, 0.15) is 0 Å². The highest BCUT2D eigenvalue weighted by molar-refractivity contribution is 7.17. The van der Waals surface area contributed by atoms with E-state index >= 15 is 0 Å². The van der Waals surface area contributed by atoms with Gasteiger partial charge in [0.25, 0.3) is 5.91 Å². The fraction of sp³-hybridized carbons (Fsp3) is 0.200. The molecule has 23 heavy (non-hydrogen) atoms. The van der Waals surface area contributed by atoms with Gasteiger partial charge in [0.05, 0.1) is 15.1 Å². The predicted octanol–water partition coefficient (Wildman–Crippen LogP) is 3.09. The summed E-state index contributed by atoms with van der Waals surface area (Å²) >= 11 is 7.15. The molecule has 3 aromatic heterocycles. The maximum absolute atomic E-state index is 12.2. The van der Waals surface area contributed by atoms with Crippen LogP contribution in [0.5, 0.6) is 0 Å². The number of rotatable bonds is 3. The smallest absolute Gasteiger partial charge is 0.264 e. The lowest BCUT2D eigenvalue weighted by molar-refractivity contribution is 0.0574. The van der Waals surface area contributed by atoms with Crippen molar-refractivity contribution in [2.24, 2.45) is 0 Å². The van der Waals surface area contributed by atoms with Crippen LogP contribution in [0.25, 0.3) is 11.4 Å². The van der Waals surface area contributed by atoms with Crippen molar-refractivity contribution in [2.45, 2.75) is 5.92 Å². The second-order valence-corrected chi connectivity index (χ2v) is 6.92. The molecule has 1 aliphatic rings. The van der Waals surface area contributed by atoms with Crippen LogP contribution in [0.2, 0.25) is 4.34 Å². The molecule has 0 atom stereocenters. The van der Waals surface area contributed by atoms with E-state index < -0.39 is 0 Å². The van der Waals surface area contributed by atoms with Crippen molar-refractivity contribution < 1.29 is 9.32 Å². The molecule has 6 nitrogen and oxygen atoms in total. The Morgan fingerprint density at radius 1 is 1.26 bits per heavy atom. The Bertz CT molecular complexity index is 842. The van der Waals surface area contributed by atoms with Gasteiger partial charge < -0.3 is 9.42 Å². The number of amides is 1. The number of hydrogen-bond donors (Lipinski definition) is 0. The lowest BCUT2D eigenvalue weighted by atomic mass is 10.00. The van der Waals surface area contributed by atoms with E-state index in [-0.39, 0.29) is 11.8 Å². The van der Waals surface area contributed by atoms with E-state index in [1.807, 2.05) is 12.1 Å². The summed E-state index contributed by atoms with van der Waals surface area (Å²) in [5.41, 5.74) is 0.857. The van der Waals surface area contributed by atoms with Crippen LogP contribution in [-0.2, 0) is 0 Å². The van der Waals surface area contributed by atoms with Gasteiger partial charge in [0.15, 0.2) is 0 Å². The Labute approximate surface area is 140 Å². The Morgan fingerprint density at radius 2 is 2.04 bits per heavy atom. The summed E-state index contributed by atoms with van der Waals surface area (Å²) in [7, 11) is 0. The van der Waals surface area contributed by atoms with Crippen molar-refractivity contribution in [3.05, 3.63) is 51.8 Å². The summed E-state index contributed by atoms with van der Waals surface area (Å²) in [6.45, 7) is 1.15. The Balaban J connectivity index is 1.42. The van der Waals surface area contributed by atoms with Crippen LogP contribution in [-0.4, -0.2) is 39.0 Å². The fourth-order valence-corrected chi connectivity index (χ4v) is 3.42. The monoisotopic (exact) mass is 346 g/mol. The Morgan fingerprint density at radius 3 is 2.74 bits per heavy atom. The minimum absolute atomic E-state index is 0.00739. The summed E-state index contributed by atoms with van der Waals surface area (Å²) in [5, 5.41) is 3.99. The number of thiophene rings is 1. The highest BCUT2D eigenvalue weighted by Crippen LogP contribution is 2.30. The average molecular weight is 347 g/mol. The maximum atomic E-state index is 12.2. The van der Waals surface area contributed by atoms with Gasteiger partial charge in [-0.2, -0.15) is 4.98 Å². The van der Waals surface area contributed by atoms with Gasteiger partial charge in [-0.1, -0.05) is 16.8 Å². The van der Waals surface area contributed by atoms with Crippen LogP contribution in [0.1, 0.15) is 21.5 Å². The number of halogens is 1. The molecule has 1 fully saturated rings. The first-order valence-electron chi connectivity index (χ1n) is 6.99. The largest absolute Gasteiger partial charge is 0.339 e. The van der Waals surface area contributed by atoms with Gasteiger partial charge in [0, 0.05) is 31.0 Å². The third-order valence-corrected chi connectivity index (χ3v) is 4.90. The van der Waals surface area contributed by atoms with Gasteiger partial charge in [-0.3, -0.25) is 9.78 Å². The van der Waals surface area contributed by atoms with Crippen molar-refractivity contribution in [3.63, 3.8) is 0 Å². The minimum Gasteiger partial charge on any atom is -0.339 e. The first kappa shape index (κ1) is 14.3. The number of nitrogens with zero attached hydrogens (tertiary/aromatic N) is 4. The molecular weight excluding hydrogens is 336 g/mol. The van der Waals surface area contributed by atoms with Crippen LogP contribution in [0, 0.1) is 0 Å².